The number of carboxylic acids is 1. The van der Waals surface area contributed by atoms with Crippen LogP contribution in [-0.4, -0.2) is 72.0 Å². The van der Waals surface area contributed by atoms with Gasteiger partial charge in [0.15, 0.2) is 0 Å². The van der Waals surface area contributed by atoms with Crippen molar-refractivity contribution in [2.75, 3.05) is 25.1 Å². The Morgan fingerprint density at radius 1 is 1.00 bits per heavy atom. The predicted octanol–water partition coefficient (Wildman–Crippen LogP) is -0.588. The minimum Gasteiger partial charge on any atom is -0.480 e. The van der Waals surface area contributed by atoms with Crippen LogP contribution in [-0.2, 0) is 19.2 Å². The van der Waals surface area contributed by atoms with Crippen LogP contribution in [0.3, 0.4) is 0 Å². The lowest BCUT2D eigenvalue weighted by molar-refractivity contribution is -0.142. The summed E-state index contributed by atoms with van der Waals surface area (Å²) in [5.74, 6) is -1.89. The third-order valence-electron chi connectivity index (χ3n) is 4.31. The molecule has 0 heterocycles. The summed E-state index contributed by atoms with van der Waals surface area (Å²) in [7, 11) is 0. The van der Waals surface area contributed by atoms with E-state index in [2.05, 4.69) is 16.0 Å². The molecule has 0 saturated carbocycles. The Kier molecular flexibility index (Phi) is 14.9. The van der Waals surface area contributed by atoms with Gasteiger partial charge in [0.1, 0.15) is 12.1 Å². The number of nitrogens with two attached hydrogens (primary N) is 2. The van der Waals surface area contributed by atoms with Gasteiger partial charge in [-0.25, -0.2) is 4.79 Å². The van der Waals surface area contributed by atoms with Gasteiger partial charge < -0.3 is 32.5 Å². The molecule has 0 aromatic carbocycles. The molecule has 11 heteroatoms. The highest BCUT2D eigenvalue weighted by molar-refractivity contribution is 7.98. The number of hydrogen-bond acceptors (Lipinski definition) is 7. The van der Waals surface area contributed by atoms with E-state index in [4.69, 9.17) is 11.5 Å². The van der Waals surface area contributed by atoms with E-state index in [1.807, 2.05) is 20.1 Å². The number of amides is 3. The van der Waals surface area contributed by atoms with E-state index in [1.165, 1.54) is 0 Å². The van der Waals surface area contributed by atoms with Crippen LogP contribution in [0, 0.1) is 5.92 Å². The number of rotatable bonds is 16. The molecule has 3 atom stereocenters. The summed E-state index contributed by atoms with van der Waals surface area (Å²) in [6.07, 6.45) is 4.23. The molecule has 0 aliphatic heterocycles. The van der Waals surface area contributed by atoms with Crippen molar-refractivity contribution in [2.45, 2.75) is 64.1 Å². The number of unbranched alkanes of at least 4 members (excludes halogenated alkanes) is 1. The third kappa shape index (κ3) is 12.7. The fraction of sp³-hybridized carbons (Fsp3) is 0.789. The molecule has 0 aliphatic carbocycles. The second kappa shape index (κ2) is 15.9. The fourth-order valence-corrected chi connectivity index (χ4v) is 3.14. The Labute approximate surface area is 182 Å². The molecule has 174 valence electrons. The number of thioether (sulfide) groups is 1. The fourth-order valence-electron chi connectivity index (χ4n) is 2.65. The highest BCUT2D eigenvalue weighted by Gasteiger charge is 2.27. The van der Waals surface area contributed by atoms with Gasteiger partial charge in [-0.05, 0) is 56.6 Å². The zero-order valence-corrected chi connectivity index (χ0v) is 18.9. The Morgan fingerprint density at radius 3 is 2.20 bits per heavy atom. The highest BCUT2D eigenvalue weighted by atomic mass is 32.2. The van der Waals surface area contributed by atoms with Gasteiger partial charge in [0.2, 0.25) is 17.7 Å². The molecule has 10 nitrogen and oxygen atoms in total. The zero-order valence-electron chi connectivity index (χ0n) is 18.1. The first kappa shape index (κ1) is 28.1. The summed E-state index contributed by atoms with van der Waals surface area (Å²) in [4.78, 5) is 48.2. The van der Waals surface area contributed by atoms with E-state index in [-0.39, 0.29) is 18.9 Å². The molecular weight excluding hydrogens is 410 g/mol. The normalized spacial score (nSPS) is 13.9. The van der Waals surface area contributed by atoms with E-state index in [1.54, 1.807) is 11.8 Å². The van der Waals surface area contributed by atoms with Crippen LogP contribution >= 0.6 is 11.8 Å². The molecule has 3 amide bonds. The summed E-state index contributed by atoms with van der Waals surface area (Å²) in [6.45, 7) is 3.84. The second-order valence-electron chi connectivity index (χ2n) is 7.54. The lowest BCUT2D eigenvalue weighted by atomic mass is 10.0. The lowest BCUT2D eigenvalue weighted by Crippen LogP contribution is -2.54. The molecule has 0 fully saturated rings. The van der Waals surface area contributed by atoms with Crippen LogP contribution in [0.4, 0.5) is 0 Å². The molecule has 0 spiro atoms. The topological polar surface area (TPSA) is 177 Å². The van der Waals surface area contributed by atoms with Crippen molar-refractivity contribution in [1.29, 1.82) is 0 Å². The first-order valence-corrected chi connectivity index (χ1v) is 11.6. The van der Waals surface area contributed by atoms with Crippen molar-refractivity contribution in [2.24, 2.45) is 17.4 Å². The summed E-state index contributed by atoms with van der Waals surface area (Å²) < 4.78 is 0. The van der Waals surface area contributed by atoms with E-state index in [0.29, 0.717) is 32.2 Å². The Bertz CT molecular complexity index is 561. The number of carbonyl (C=O) groups is 4. The van der Waals surface area contributed by atoms with Crippen LogP contribution < -0.4 is 27.4 Å². The van der Waals surface area contributed by atoms with Crippen molar-refractivity contribution in [1.82, 2.24) is 16.0 Å². The molecular formula is C19H37N5O5S. The largest absolute Gasteiger partial charge is 0.480 e. The Morgan fingerprint density at radius 2 is 1.67 bits per heavy atom. The Balaban J connectivity index is 4.86. The van der Waals surface area contributed by atoms with Crippen molar-refractivity contribution in [3.8, 4) is 0 Å². The number of carbonyl (C=O) groups excluding carboxylic acids is 3. The van der Waals surface area contributed by atoms with E-state index < -0.39 is 41.8 Å². The number of nitrogens with one attached hydrogen (secondary N) is 3. The van der Waals surface area contributed by atoms with Gasteiger partial charge in [-0.1, -0.05) is 13.8 Å². The van der Waals surface area contributed by atoms with Gasteiger partial charge in [0.05, 0.1) is 12.6 Å². The number of carboxylic acid groups (broad SMARTS) is 1. The van der Waals surface area contributed by atoms with Crippen molar-refractivity contribution in [3.05, 3.63) is 0 Å². The average molecular weight is 448 g/mol. The quantitative estimate of drug-likeness (QED) is 0.170. The highest BCUT2D eigenvalue weighted by Crippen LogP contribution is 2.07. The standard InChI is InChI=1S/C19H37N5O5S/c1-12(2)10-15(19(28)29)24-18(27)14(6-4-5-8-20)23-16(25)11-22-17(26)13(21)7-9-30-3/h12-15H,4-11,20-21H2,1-3H3,(H,22,26)(H,23,25)(H,24,27)(H,28,29). The van der Waals surface area contributed by atoms with Gasteiger partial charge >= 0.3 is 5.97 Å². The summed E-state index contributed by atoms with van der Waals surface area (Å²) >= 11 is 1.57. The van der Waals surface area contributed by atoms with Crippen molar-refractivity contribution in [3.63, 3.8) is 0 Å². The SMILES string of the molecule is CSCCC(N)C(=O)NCC(=O)NC(CCCCN)C(=O)NC(CC(C)C)C(=O)O. The van der Waals surface area contributed by atoms with Gasteiger partial charge in [-0.2, -0.15) is 11.8 Å². The van der Waals surface area contributed by atoms with Crippen LogP contribution in [0.15, 0.2) is 0 Å². The number of hydrogen-bond donors (Lipinski definition) is 6. The molecule has 3 unspecified atom stereocenters. The van der Waals surface area contributed by atoms with Gasteiger partial charge in [-0.15, -0.1) is 0 Å². The van der Waals surface area contributed by atoms with Crippen LogP contribution in [0.25, 0.3) is 0 Å². The van der Waals surface area contributed by atoms with Crippen LogP contribution in [0.2, 0.25) is 0 Å². The predicted molar refractivity (Wildman–Crippen MR) is 118 cm³/mol. The monoisotopic (exact) mass is 447 g/mol. The molecule has 8 N–H and O–H groups in total. The smallest absolute Gasteiger partial charge is 0.326 e. The maximum atomic E-state index is 12.6. The summed E-state index contributed by atoms with van der Waals surface area (Å²) in [6, 6.07) is -2.66. The first-order valence-electron chi connectivity index (χ1n) is 10.2. The zero-order chi connectivity index (χ0) is 23.1. The van der Waals surface area contributed by atoms with Crippen LogP contribution in [0.5, 0.6) is 0 Å². The molecule has 0 saturated heterocycles. The Hall–Kier alpha value is -1.85. The van der Waals surface area contributed by atoms with Crippen LogP contribution in [0.1, 0.15) is 46.0 Å². The number of aliphatic carboxylic acids is 1. The summed E-state index contributed by atoms with van der Waals surface area (Å²) in [5, 5.41) is 16.8. The molecule has 0 aromatic rings. The van der Waals surface area contributed by atoms with Crippen molar-refractivity contribution < 1.29 is 24.3 Å². The van der Waals surface area contributed by atoms with Crippen molar-refractivity contribution >= 4 is 35.5 Å². The third-order valence-corrected chi connectivity index (χ3v) is 4.96. The first-order chi connectivity index (χ1) is 14.1. The molecule has 0 aliphatic rings. The molecule has 0 bridgehead atoms. The minimum atomic E-state index is -1.13. The average Bonchev–Trinajstić information content (AvgIpc) is 2.68. The maximum absolute atomic E-state index is 12.6. The van der Waals surface area contributed by atoms with E-state index >= 15 is 0 Å². The second-order valence-corrected chi connectivity index (χ2v) is 8.52. The minimum absolute atomic E-state index is 0.0715. The van der Waals surface area contributed by atoms with E-state index in [0.717, 1.165) is 5.75 Å². The summed E-state index contributed by atoms with van der Waals surface area (Å²) in [5.41, 5.74) is 11.2. The lowest BCUT2D eigenvalue weighted by Gasteiger charge is -2.22. The van der Waals surface area contributed by atoms with E-state index in [9.17, 15) is 24.3 Å². The molecule has 0 aromatic heterocycles. The molecule has 30 heavy (non-hydrogen) atoms. The maximum Gasteiger partial charge on any atom is 0.326 e. The molecule has 0 radical (unpaired) electrons. The molecule has 0 rings (SSSR count). The van der Waals surface area contributed by atoms with Gasteiger partial charge in [-0.3, -0.25) is 14.4 Å². The van der Waals surface area contributed by atoms with Gasteiger partial charge in [0, 0.05) is 0 Å². The van der Waals surface area contributed by atoms with Gasteiger partial charge in [0.25, 0.3) is 0 Å².